The lowest BCUT2D eigenvalue weighted by molar-refractivity contribution is -0.138. The van der Waals surface area contributed by atoms with Gasteiger partial charge < -0.3 is 15.0 Å². The molecule has 1 aromatic heterocycles. The number of carboxylic acid groups (broad SMARTS) is 1. The average molecular weight is 250 g/mol. The van der Waals surface area contributed by atoms with Gasteiger partial charge in [0, 0.05) is 25.6 Å². The van der Waals surface area contributed by atoms with Crippen LogP contribution in [0.1, 0.15) is 23.3 Å². The molecule has 18 heavy (non-hydrogen) atoms. The standard InChI is InChI=1S/C12H14N2O4/c15-10-3-1-2-9(13-10)12(18)14-5-4-8(7-14)6-11(16)17/h1-3,8H,4-7H2,(H,13,15)(H,16,17). The number of H-pyrrole nitrogens is 1. The van der Waals surface area contributed by atoms with Crippen molar-refractivity contribution in [2.75, 3.05) is 13.1 Å². The Morgan fingerprint density at radius 2 is 2.22 bits per heavy atom. The monoisotopic (exact) mass is 250 g/mol. The van der Waals surface area contributed by atoms with Crippen molar-refractivity contribution in [3.63, 3.8) is 0 Å². The van der Waals surface area contributed by atoms with Gasteiger partial charge in [0.15, 0.2) is 0 Å². The van der Waals surface area contributed by atoms with E-state index in [9.17, 15) is 14.4 Å². The lowest BCUT2D eigenvalue weighted by Gasteiger charge is -2.15. The minimum Gasteiger partial charge on any atom is -0.481 e. The third kappa shape index (κ3) is 2.77. The van der Waals surface area contributed by atoms with Crippen molar-refractivity contribution in [3.8, 4) is 0 Å². The van der Waals surface area contributed by atoms with Crippen LogP contribution in [0, 0.1) is 5.92 Å². The van der Waals surface area contributed by atoms with Crippen LogP contribution in [0.15, 0.2) is 23.0 Å². The first kappa shape index (κ1) is 12.3. The molecule has 1 saturated heterocycles. The summed E-state index contributed by atoms with van der Waals surface area (Å²) in [4.78, 5) is 37.8. The first-order valence-corrected chi connectivity index (χ1v) is 5.76. The average Bonchev–Trinajstić information content (AvgIpc) is 2.75. The molecule has 2 N–H and O–H groups in total. The molecule has 2 rings (SSSR count). The molecule has 0 aromatic carbocycles. The van der Waals surface area contributed by atoms with Crippen molar-refractivity contribution < 1.29 is 14.7 Å². The second-order valence-electron chi connectivity index (χ2n) is 4.43. The van der Waals surface area contributed by atoms with Crippen LogP contribution in [0.4, 0.5) is 0 Å². The number of hydrogen-bond acceptors (Lipinski definition) is 3. The number of aromatic nitrogens is 1. The van der Waals surface area contributed by atoms with E-state index in [4.69, 9.17) is 5.11 Å². The summed E-state index contributed by atoms with van der Waals surface area (Å²) >= 11 is 0. The maximum Gasteiger partial charge on any atom is 0.303 e. The summed E-state index contributed by atoms with van der Waals surface area (Å²) in [7, 11) is 0. The van der Waals surface area contributed by atoms with Crippen LogP contribution in [-0.4, -0.2) is 40.0 Å². The molecule has 0 bridgehead atoms. The Morgan fingerprint density at radius 3 is 2.89 bits per heavy atom. The van der Waals surface area contributed by atoms with Crippen LogP contribution in [0.5, 0.6) is 0 Å². The lowest BCUT2D eigenvalue weighted by atomic mass is 10.1. The van der Waals surface area contributed by atoms with E-state index in [-0.39, 0.29) is 29.5 Å². The van der Waals surface area contributed by atoms with Crippen molar-refractivity contribution in [2.45, 2.75) is 12.8 Å². The highest BCUT2D eigenvalue weighted by Gasteiger charge is 2.28. The summed E-state index contributed by atoms with van der Waals surface area (Å²) in [5, 5.41) is 8.70. The van der Waals surface area contributed by atoms with E-state index >= 15 is 0 Å². The zero-order valence-electron chi connectivity index (χ0n) is 9.76. The first-order chi connectivity index (χ1) is 8.56. The zero-order valence-corrected chi connectivity index (χ0v) is 9.76. The number of aliphatic carboxylic acids is 1. The van der Waals surface area contributed by atoms with E-state index in [1.807, 2.05) is 0 Å². The van der Waals surface area contributed by atoms with Gasteiger partial charge in [0.2, 0.25) is 5.56 Å². The Labute approximate surface area is 103 Å². The van der Waals surface area contributed by atoms with Gasteiger partial charge in [0.25, 0.3) is 5.91 Å². The highest BCUT2D eigenvalue weighted by atomic mass is 16.4. The maximum absolute atomic E-state index is 12.0. The van der Waals surface area contributed by atoms with E-state index < -0.39 is 5.97 Å². The Balaban J connectivity index is 2.03. The van der Waals surface area contributed by atoms with Gasteiger partial charge in [0.05, 0.1) is 0 Å². The van der Waals surface area contributed by atoms with Crippen LogP contribution in [0.3, 0.4) is 0 Å². The third-order valence-corrected chi connectivity index (χ3v) is 3.04. The number of carboxylic acids is 1. The van der Waals surface area contributed by atoms with Gasteiger partial charge in [-0.1, -0.05) is 6.07 Å². The molecule has 0 radical (unpaired) electrons. The third-order valence-electron chi connectivity index (χ3n) is 3.04. The molecule has 6 nitrogen and oxygen atoms in total. The van der Waals surface area contributed by atoms with Crippen molar-refractivity contribution in [3.05, 3.63) is 34.2 Å². The molecule has 1 amide bonds. The van der Waals surface area contributed by atoms with E-state index in [1.165, 1.54) is 12.1 Å². The largest absolute Gasteiger partial charge is 0.481 e. The Hall–Kier alpha value is -2.11. The number of nitrogens with one attached hydrogen (secondary N) is 1. The van der Waals surface area contributed by atoms with Gasteiger partial charge in [0.1, 0.15) is 5.69 Å². The Morgan fingerprint density at radius 1 is 1.44 bits per heavy atom. The van der Waals surface area contributed by atoms with Crippen molar-refractivity contribution in [1.82, 2.24) is 9.88 Å². The number of rotatable bonds is 3. The molecule has 1 aromatic rings. The van der Waals surface area contributed by atoms with Crippen molar-refractivity contribution >= 4 is 11.9 Å². The fourth-order valence-electron chi connectivity index (χ4n) is 2.17. The molecule has 6 heteroatoms. The number of aromatic amines is 1. The predicted molar refractivity (Wildman–Crippen MR) is 63.3 cm³/mol. The first-order valence-electron chi connectivity index (χ1n) is 5.76. The zero-order chi connectivity index (χ0) is 13.1. The summed E-state index contributed by atoms with van der Waals surface area (Å²) in [5.41, 5.74) is -0.0689. The highest BCUT2D eigenvalue weighted by molar-refractivity contribution is 5.92. The molecule has 1 aliphatic rings. The number of amides is 1. The molecule has 1 fully saturated rings. The molecule has 0 saturated carbocycles. The van der Waals surface area contributed by atoms with Crippen LogP contribution in [0.25, 0.3) is 0 Å². The number of likely N-dealkylation sites (tertiary alicyclic amines) is 1. The molecule has 1 atom stereocenters. The van der Waals surface area contributed by atoms with E-state index in [0.717, 1.165) is 0 Å². The summed E-state index contributed by atoms with van der Waals surface area (Å²) in [6, 6.07) is 4.42. The van der Waals surface area contributed by atoms with Crippen LogP contribution < -0.4 is 5.56 Å². The molecule has 0 spiro atoms. The summed E-state index contributed by atoms with van der Waals surface area (Å²) in [6.45, 7) is 0.968. The number of hydrogen-bond donors (Lipinski definition) is 2. The van der Waals surface area contributed by atoms with Gasteiger partial charge in [-0.05, 0) is 18.4 Å². The lowest BCUT2D eigenvalue weighted by Crippen LogP contribution is -2.30. The van der Waals surface area contributed by atoms with Crippen LogP contribution in [-0.2, 0) is 4.79 Å². The normalized spacial score (nSPS) is 18.9. The predicted octanol–water partition coefficient (Wildman–Crippen LogP) is 0.312. The number of pyridine rings is 1. The second-order valence-corrected chi connectivity index (χ2v) is 4.43. The van der Waals surface area contributed by atoms with Gasteiger partial charge in [-0.25, -0.2) is 0 Å². The Bertz CT molecular complexity index is 523. The molecular formula is C12H14N2O4. The Kier molecular flexibility index (Phi) is 3.45. The second kappa shape index (κ2) is 5.03. The van der Waals surface area contributed by atoms with Crippen molar-refractivity contribution in [2.24, 2.45) is 5.92 Å². The minimum absolute atomic E-state index is 0.00174. The van der Waals surface area contributed by atoms with Gasteiger partial charge >= 0.3 is 5.97 Å². The molecule has 96 valence electrons. The highest BCUT2D eigenvalue weighted by Crippen LogP contribution is 2.20. The summed E-state index contributed by atoms with van der Waals surface area (Å²) in [6.07, 6.45) is 0.768. The smallest absolute Gasteiger partial charge is 0.303 e. The fourth-order valence-corrected chi connectivity index (χ4v) is 2.17. The molecular weight excluding hydrogens is 236 g/mol. The number of nitrogens with zero attached hydrogens (tertiary/aromatic N) is 1. The van der Waals surface area contributed by atoms with Crippen molar-refractivity contribution in [1.29, 1.82) is 0 Å². The minimum atomic E-state index is -0.845. The van der Waals surface area contributed by atoms with Crippen LogP contribution >= 0.6 is 0 Å². The molecule has 2 heterocycles. The summed E-state index contributed by atoms with van der Waals surface area (Å²) < 4.78 is 0. The van der Waals surface area contributed by atoms with Gasteiger partial charge in [-0.3, -0.25) is 14.4 Å². The molecule has 0 aliphatic carbocycles. The topological polar surface area (TPSA) is 90.5 Å². The summed E-state index contributed by atoms with van der Waals surface area (Å²) in [5.74, 6) is -1.09. The van der Waals surface area contributed by atoms with E-state index in [1.54, 1.807) is 11.0 Å². The maximum atomic E-state index is 12.0. The number of carbonyl (C=O) groups is 2. The quantitative estimate of drug-likeness (QED) is 0.807. The molecule has 1 unspecified atom stereocenters. The van der Waals surface area contributed by atoms with E-state index in [2.05, 4.69) is 4.98 Å². The molecule has 1 aliphatic heterocycles. The SMILES string of the molecule is O=C(O)CC1CCN(C(=O)c2cccc(=O)[nH]2)C1. The number of carbonyl (C=O) groups excluding carboxylic acids is 1. The van der Waals surface area contributed by atoms with E-state index in [0.29, 0.717) is 19.5 Å². The van der Waals surface area contributed by atoms with Crippen LogP contribution in [0.2, 0.25) is 0 Å². The van der Waals surface area contributed by atoms with Gasteiger partial charge in [-0.15, -0.1) is 0 Å². The van der Waals surface area contributed by atoms with Gasteiger partial charge in [-0.2, -0.15) is 0 Å². The fraction of sp³-hybridized carbons (Fsp3) is 0.417.